The first-order chi connectivity index (χ1) is 15.3. The van der Waals surface area contributed by atoms with Crippen LogP contribution in [0.1, 0.15) is 32.6 Å². The molecule has 1 N–H and O–H groups in total. The molecule has 0 unspecified atom stereocenters. The lowest BCUT2D eigenvalue weighted by Crippen LogP contribution is -2.37. The summed E-state index contributed by atoms with van der Waals surface area (Å²) in [7, 11) is 0. The van der Waals surface area contributed by atoms with Crippen molar-refractivity contribution in [3.8, 4) is 23.1 Å². The Morgan fingerprint density at radius 1 is 1.16 bits per heavy atom. The minimum absolute atomic E-state index is 0.664. The van der Waals surface area contributed by atoms with Gasteiger partial charge in [0, 0.05) is 37.2 Å². The molecule has 0 aliphatic carbocycles. The second-order valence-electron chi connectivity index (χ2n) is 7.41. The van der Waals surface area contributed by atoms with Crippen molar-refractivity contribution in [2.45, 2.75) is 32.6 Å². The van der Waals surface area contributed by atoms with E-state index < -0.39 is 0 Å². The van der Waals surface area contributed by atoms with Gasteiger partial charge in [0.2, 0.25) is 0 Å². The molecular weight excluding hydrogens is 388 g/mol. The average molecular weight is 417 g/mol. The van der Waals surface area contributed by atoms with Gasteiger partial charge in [-0.1, -0.05) is 61.9 Å². The first-order valence-electron chi connectivity index (χ1n) is 10.9. The number of benzene rings is 1. The van der Waals surface area contributed by atoms with Gasteiger partial charge in [0.05, 0.1) is 25.1 Å². The SMILES string of the molecule is CCCCCC#CC=NNc1cc(N2CCOCC2)n2nc(-c3ccccc3)cc2n1. The molecule has 7 heteroatoms. The topological polar surface area (TPSA) is 67.0 Å². The molecule has 160 valence electrons. The van der Waals surface area contributed by atoms with Crippen LogP contribution in [0.2, 0.25) is 0 Å². The number of hydrazone groups is 1. The smallest absolute Gasteiger partial charge is 0.160 e. The molecule has 31 heavy (non-hydrogen) atoms. The van der Waals surface area contributed by atoms with Crippen molar-refractivity contribution in [2.75, 3.05) is 36.6 Å². The van der Waals surface area contributed by atoms with Gasteiger partial charge in [-0.15, -0.1) is 0 Å². The number of ether oxygens (including phenoxy) is 1. The van der Waals surface area contributed by atoms with Gasteiger partial charge in [-0.05, 0) is 6.42 Å². The van der Waals surface area contributed by atoms with Crippen LogP contribution < -0.4 is 10.3 Å². The van der Waals surface area contributed by atoms with E-state index in [2.05, 4.69) is 46.3 Å². The van der Waals surface area contributed by atoms with Gasteiger partial charge in [-0.3, -0.25) is 5.43 Å². The second-order valence-corrected chi connectivity index (χ2v) is 7.41. The molecule has 3 aromatic rings. The van der Waals surface area contributed by atoms with Gasteiger partial charge in [-0.2, -0.15) is 14.7 Å². The van der Waals surface area contributed by atoms with Gasteiger partial charge < -0.3 is 9.64 Å². The predicted octanol–water partition coefficient (Wildman–Crippen LogP) is 4.21. The van der Waals surface area contributed by atoms with E-state index >= 15 is 0 Å². The quantitative estimate of drug-likeness (QED) is 0.270. The average Bonchev–Trinajstić information content (AvgIpc) is 3.26. The van der Waals surface area contributed by atoms with Gasteiger partial charge in [-0.25, -0.2) is 4.98 Å². The number of nitrogens with one attached hydrogen (secondary N) is 1. The maximum atomic E-state index is 5.52. The van der Waals surface area contributed by atoms with Gasteiger partial charge >= 0.3 is 0 Å². The number of rotatable bonds is 7. The van der Waals surface area contributed by atoms with E-state index in [4.69, 9.17) is 14.8 Å². The van der Waals surface area contributed by atoms with E-state index in [-0.39, 0.29) is 0 Å². The van der Waals surface area contributed by atoms with Crippen molar-refractivity contribution >= 4 is 23.5 Å². The number of morpholine rings is 1. The van der Waals surface area contributed by atoms with Gasteiger partial charge in [0.25, 0.3) is 0 Å². The first kappa shape index (κ1) is 20.9. The lowest BCUT2D eigenvalue weighted by Gasteiger charge is -2.29. The number of aromatic nitrogens is 3. The molecule has 0 spiro atoms. The molecule has 3 heterocycles. The van der Waals surface area contributed by atoms with Crippen LogP contribution in [0, 0.1) is 11.8 Å². The van der Waals surface area contributed by atoms with Gasteiger partial charge in [0.15, 0.2) is 11.5 Å². The Hall–Kier alpha value is -3.37. The molecule has 4 rings (SSSR count). The molecule has 2 aromatic heterocycles. The number of hydrogen-bond acceptors (Lipinski definition) is 6. The Morgan fingerprint density at radius 3 is 2.81 bits per heavy atom. The summed E-state index contributed by atoms with van der Waals surface area (Å²) in [6.07, 6.45) is 6.06. The molecular formula is C24H28N6O. The van der Waals surface area contributed by atoms with Crippen LogP contribution in [0.4, 0.5) is 11.6 Å². The maximum absolute atomic E-state index is 5.52. The Kier molecular flexibility index (Phi) is 7.14. The third-order valence-electron chi connectivity index (χ3n) is 5.13. The Balaban J connectivity index is 1.58. The molecule has 1 aliphatic heterocycles. The summed E-state index contributed by atoms with van der Waals surface area (Å²) in [4.78, 5) is 6.97. The van der Waals surface area contributed by atoms with Crippen molar-refractivity contribution in [1.82, 2.24) is 14.6 Å². The molecule has 1 fully saturated rings. The highest BCUT2D eigenvalue weighted by Crippen LogP contribution is 2.25. The van der Waals surface area contributed by atoms with E-state index in [1.165, 1.54) is 12.8 Å². The standard InChI is InChI=1S/C24H28N6O/c1-2-3-4-5-6-10-13-25-27-22-19-24(29-14-16-31-17-15-29)30-23(26-22)18-21(28-30)20-11-8-7-9-12-20/h7-9,11-13,18-19H,2-5,14-17H2,1H3,(H,26,27). The third-order valence-corrected chi connectivity index (χ3v) is 5.13. The normalized spacial score (nSPS) is 14.0. The zero-order chi connectivity index (χ0) is 21.3. The maximum Gasteiger partial charge on any atom is 0.160 e. The van der Waals surface area contributed by atoms with E-state index in [0.717, 1.165) is 48.7 Å². The monoisotopic (exact) mass is 416 g/mol. The number of anilines is 2. The van der Waals surface area contributed by atoms with Crippen LogP contribution >= 0.6 is 0 Å². The minimum Gasteiger partial charge on any atom is -0.378 e. The largest absolute Gasteiger partial charge is 0.378 e. The molecule has 0 radical (unpaired) electrons. The van der Waals surface area contributed by atoms with Crippen LogP contribution in [0.5, 0.6) is 0 Å². The summed E-state index contributed by atoms with van der Waals surface area (Å²) in [5, 5.41) is 9.06. The van der Waals surface area contributed by atoms with Crippen molar-refractivity contribution in [3.05, 3.63) is 42.5 Å². The van der Waals surface area contributed by atoms with E-state index in [9.17, 15) is 0 Å². The van der Waals surface area contributed by atoms with Gasteiger partial charge in [0.1, 0.15) is 5.82 Å². The second kappa shape index (κ2) is 10.6. The number of unbranched alkanes of at least 4 members (excludes halogenated alkanes) is 3. The zero-order valence-corrected chi connectivity index (χ0v) is 17.9. The van der Waals surface area contributed by atoms with Crippen molar-refractivity contribution in [2.24, 2.45) is 5.10 Å². The fourth-order valence-electron chi connectivity index (χ4n) is 3.50. The Morgan fingerprint density at radius 2 is 2.00 bits per heavy atom. The van der Waals surface area contributed by atoms with Crippen LogP contribution in [0.3, 0.4) is 0 Å². The van der Waals surface area contributed by atoms with E-state index in [0.29, 0.717) is 19.0 Å². The first-order valence-corrected chi connectivity index (χ1v) is 10.9. The van der Waals surface area contributed by atoms with Crippen molar-refractivity contribution < 1.29 is 4.74 Å². The van der Waals surface area contributed by atoms with Crippen molar-refractivity contribution in [1.29, 1.82) is 0 Å². The lowest BCUT2D eigenvalue weighted by atomic mass is 10.2. The summed E-state index contributed by atoms with van der Waals surface area (Å²) >= 11 is 0. The van der Waals surface area contributed by atoms with Crippen LogP contribution in [0.25, 0.3) is 16.9 Å². The summed E-state index contributed by atoms with van der Waals surface area (Å²) < 4.78 is 7.42. The van der Waals surface area contributed by atoms with Crippen LogP contribution in [0.15, 0.2) is 47.6 Å². The number of nitrogens with zero attached hydrogens (tertiary/aromatic N) is 5. The van der Waals surface area contributed by atoms with Crippen LogP contribution in [-0.2, 0) is 4.74 Å². The summed E-state index contributed by atoms with van der Waals surface area (Å²) in [5.74, 6) is 7.74. The highest BCUT2D eigenvalue weighted by Gasteiger charge is 2.18. The Labute approximate surface area is 183 Å². The summed E-state index contributed by atoms with van der Waals surface area (Å²) in [6, 6.07) is 14.1. The Bertz CT molecular complexity index is 1070. The highest BCUT2D eigenvalue weighted by atomic mass is 16.5. The zero-order valence-electron chi connectivity index (χ0n) is 17.9. The number of hydrogen-bond donors (Lipinski definition) is 1. The number of fused-ring (bicyclic) bond motifs is 1. The fraction of sp³-hybridized carbons (Fsp3) is 0.375. The molecule has 0 bridgehead atoms. The molecule has 7 nitrogen and oxygen atoms in total. The molecule has 1 aromatic carbocycles. The summed E-state index contributed by atoms with van der Waals surface area (Å²) in [5.41, 5.74) is 5.75. The molecule has 0 saturated carbocycles. The molecule has 1 aliphatic rings. The van der Waals surface area contributed by atoms with Crippen LogP contribution in [-0.4, -0.2) is 47.1 Å². The predicted molar refractivity (Wildman–Crippen MR) is 125 cm³/mol. The van der Waals surface area contributed by atoms with E-state index in [1.807, 2.05) is 34.8 Å². The minimum atomic E-state index is 0.664. The molecule has 1 saturated heterocycles. The fourth-order valence-corrected chi connectivity index (χ4v) is 3.50. The van der Waals surface area contributed by atoms with E-state index in [1.54, 1.807) is 6.21 Å². The summed E-state index contributed by atoms with van der Waals surface area (Å²) in [6.45, 7) is 5.21. The van der Waals surface area contributed by atoms with Crippen molar-refractivity contribution in [3.63, 3.8) is 0 Å². The third kappa shape index (κ3) is 5.41. The highest BCUT2D eigenvalue weighted by molar-refractivity contribution is 5.79. The lowest BCUT2D eigenvalue weighted by molar-refractivity contribution is 0.122. The molecule has 0 amide bonds. The molecule has 0 atom stereocenters.